The predicted molar refractivity (Wildman–Crippen MR) is 59.3 cm³/mol. The Labute approximate surface area is 87.9 Å². The molecule has 0 saturated carbocycles. The molecule has 0 spiro atoms. The summed E-state index contributed by atoms with van der Waals surface area (Å²) in [7, 11) is 0. The molecular weight excluding hydrogens is 188 g/mol. The van der Waals surface area contributed by atoms with E-state index in [4.69, 9.17) is 5.73 Å². The molecule has 2 N–H and O–H groups in total. The van der Waals surface area contributed by atoms with Crippen LogP contribution in [0.1, 0.15) is 12.0 Å². The first-order valence-electron chi connectivity index (χ1n) is 4.88. The van der Waals surface area contributed by atoms with Crippen LogP contribution in [0.2, 0.25) is 0 Å². The molecule has 2 rings (SSSR count). The highest BCUT2D eigenvalue weighted by atomic mass is 16.1. The maximum Gasteiger partial charge on any atom is 0.217 e. The highest BCUT2D eigenvalue weighted by Crippen LogP contribution is 2.14. The number of amides is 1. The zero-order chi connectivity index (χ0) is 10.7. The molecule has 0 saturated heterocycles. The number of carbonyl (C=O) groups is 1. The van der Waals surface area contributed by atoms with E-state index in [0.717, 1.165) is 16.5 Å². The SMILES string of the molecule is NC(=O)CCc1ccc2ncccc2c1. The van der Waals surface area contributed by atoms with Crippen LogP contribution in [0.4, 0.5) is 0 Å². The smallest absolute Gasteiger partial charge is 0.217 e. The summed E-state index contributed by atoms with van der Waals surface area (Å²) in [5, 5.41) is 1.10. The number of rotatable bonds is 3. The molecule has 1 amide bonds. The van der Waals surface area contributed by atoms with Crippen LogP contribution in [-0.2, 0) is 11.2 Å². The van der Waals surface area contributed by atoms with Crippen LogP contribution in [0.25, 0.3) is 10.9 Å². The van der Waals surface area contributed by atoms with Crippen LogP contribution in [0, 0.1) is 0 Å². The average molecular weight is 200 g/mol. The van der Waals surface area contributed by atoms with Gasteiger partial charge in [-0.25, -0.2) is 0 Å². The van der Waals surface area contributed by atoms with Gasteiger partial charge in [0.1, 0.15) is 0 Å². The molecule has 1 aromatic carbocycles. The zero-order valence-electron chi connectivity index (χ0n) is 8.31. The van der Waals surface area contributed by atoms with Gasteiger partial charge in [0.05, 0.1) is 5.52 Å². The summed E-state index contributed by atoms with van der Waals surface area (Å²) in [6.07, 6.45) is 2.86. The third kappa shape index (κ3) is 2.31. The summed E-state index contributed by atoms with van der Waals surface area (Å²) in [6, 6.07) is 9.91. The van der Waals surface area contributed by atoms with Crippen molar-refractivity contribution >= 4 is 16.8 Å². The van der Waals surface area contributed by atoms with Gasteiger partial charge in [0.25, 0.3) is 0 Å². The molecule has 1 aromatic heterocycles. The standard InChI is InChI=1S/C12H12N2O/c13-12(15)6-4-9-3-5-11-10(8-9)2-1-7-14-11/h1-3,5,7-8H,4,6H2,(H2,13,15). The predicted octanol–water partition coefficient (Wildman–Crippen LogP) is 1.65. The molecule has 0 bridgehead atoms. The van der Waals surface area contributed by atoms with E-state index in [1.54, 1.807) is 6.20 Å². The molecule has 76 valence electrons. The molecule has 1 heterocycles. The van der Waals surface area contributed by atoms with Gasteiger partial charge in [-0.15, -0.1) is 0 Å². The second-order valence-corrected chi connectivity index (χ2v) is 3.50. The second-order valence-electron chi connectivity index (χ2n) is 3.50. The van der Waals surface area contributed by atoms with Gasteiger partial charge >= 0.3 is 0 Å². The quantitative estimate of drug-likeness (QED) is 0.819. The average Bonchev–Trinajstić information content (AvgIpc) is 2.26. The molecule has 2 aromatic rings. The Morgan fingerprint density at radius 3 is 3.00 bits per heavy atom. The number of aryl methyl sites for hydroxylation is 1. The fraction of sp³-hybridized carbons (Fsp3) is 0.167. The highest BCUT2D eigenvalue weighted by Gasteiger charge is 1.99. The lowest BCUT2D eigenvalue weighted by Crippen LogP contribution is -2.11. The van der Waals surface area contributed by atoms with Crippen LogP contribution in [-0.4, -0.2) is 10.9 Å². The molecule has 0 fully saturated rings. The zero-order valence-corrected chi connectivity index (χ0v) is 8.31. The summed E-state index contributed by atoms with van der Waals surface area (Å²) in [6.45, 7) is 0. The van der Waals surface area contributed by atoms with Gasteiger partial charge in [-0.1, -0.05) is 12.1 Å². The van der Waals surface area contributed by atoms with Crippen molar-refractivity contribution in [3.8, 4) is 0 Å². The van der Waals surface area contributed by atoms with E-state index in [1.807, 2.05) is 30.3 Å². The van der Waals surface area contributed by atoms with Gasteiger partial charge in [-0.2, -0.15) is 0 Å². The minimum absolute atomic E-state index is 0.263. The molecule has 0 aliphatic rings. The number of benzene rings is 1. The fourth-order valence-electron chi connectivity index (χ4n) is 1.55. The van der Waals surface area contributed by atoms with Gasteiger partial charge in [0.2, 0.25) is 5.91 Å². The molecule has 0 aliphatic heterocycles. The summed E-state index contributed by atoms with van der Waals surface area (Å²) >= 11 is 0. The highest BCUT2D eigenvalue weighted by molar-refractivity contribution is 5.79. The number of hydrogen-bond acceptors (Lipinski definition) is 2. The van der Waals surface area contributed by atoms with Crippen LogP contribution >= 0.6 is 0 Å². The lowest BCUT2D eigenvalue weighted by atomic mass is 10.1. The number of primary amides is 1. The van der Waals surface area contributed by atoms with E-state index in [9.17, 15) is 4.79 Å². The van der Waals surface area contributed by atoms with E-state index in [1.165, 1.54) is 0 Å². The van der Waals surface area contributed by atoms with E-state index in [-0.39, 0.29) is 5.91 Å². The Morgan fingerprint density at radius 1 is 1.33 bits per heavy atom. The van der Waals surface area contributed by atoms with Crippen LogP contribution < -0.4 is 5.73 Å². The van der Waals surface area contributed by atoms with E-state index in [2.05, 4.69) is 4.98 Å². The number of nitrogens with zero attached hydrogens (tertiary/aromatic N) is 1. The number of hydrogen-bond donors (Lipinski definition) is 1. The molecule has 15 heavy (non-hydrogen) atoms. The van der Waals surface area contributed by atoms with E-state index >= 15 is 0 Å². The molecule has 0 aliphatic carbocycles. The van der Waals surface area contributed by atoms with Crippen molar-refractivity contribution in [1.29, 1.82) is 0 Å². The van der Waals surface area contributed by atoms with Crippen molar-refractivity contribution in [3.05, 3.63) is 42.1 Å². The lowest BCUT2D eigenvalue weighted by Gasteiger charge is -2.01. The monoisotopic (exact) mass is 200 g/mol. The third-order valence-electron chi connectivity index (χ3n) is 2.33. The molecule has 0 radical (unpaired) electrons. The number of pyridine rings is 1. The molecule has 0 unspecified atom stereocenters. The van der Waals surface area contributed by atoms with Crippen LogP contribution in [0.15, 0.2) is 36.5 Å². The van der Waals surface area contributed by atoms with Crippen molar-refractivity contribution in [3.63, 3.8) is 0 Å². The van der Waals surface area contributed by atoms with Gasteiger partial charge in [0, 0.05) is 18.0 Å². The number of nitrogens with two attached hydrogens (primary N) is 1. The second kappa shape index (κ2) is 4.09. The first-order valence-corrected chi connectivity index (χ1v) is 4.88. The van der Waals surface area contributed by atoms with Gasteiger partial charge in [-0.3, -0.25) is 9.78 Å². The Balaban J connectivity index is 2.26. The topological polar surface area (TPSA) is 56.0 Å². The van der Waals surface area contributed by atoms with Crippen LogP contribution in [0.5, 0.6) is 0 Å². The lowest BCUT2D eigenvalue weighted by molar-refractivity contribution is -0.117. The molecule has 3 nitrogen and oxygen atoms in total. The summed E-state index contributed by atoms with van der Waals surface area (Å²) in [4.78, 5) is 14.9. The minimum Gasteiger partial charge on any atom is -0.370 e. The normalized spacial score (nSPS) is 10.4. The number of carbonyl (C=O) groups excluding carboxylic acids is 1. The fourth-order valence-corrected chi connectivity index (χ4v) is 1.55. The first kappa shape index (κ1) is 9.65. The number of fused-ring (bicyclic) bond motifs is 1. The Morgan fingerprint density at radius 2 is 2.20 bits per heavy atom. The van der Waals surface area contributed by atoms with Crippen molar-refractivity contribution < 1.29 is 4.79 Å². The Kier molecular flexibility index (Phi) is 2.63. The van der Waals surface area contributed by atoms with Crippen molar-refractivity contribution in [2.45, 2.75) is 12.8 Å². The molecule has 3 heteroatoms. The maximum atomic E-state index is 10.6. The van der Waals surface area contributed by atoms with Crippen molar-refractivity contribution in [1.82, 2.24) is 4.98 Å². The number of aromatic nitrogens is 1. The summed E-state index contributed by atoms with van der Waals surface area (Å²) < 4.78 is 0. The Bertz CT molecular complexity index is 494. The van der Waals surface area contributed by atoms with E-state index < -0.39 is 0 Å². The van der Waals surface area contributed by atoms with Crippen molar-refractivity contribution in [2.75, 3.05) is 0 Å². The molecule has 0 atom stereocenters. The van der Waals surface area contributed by atoms with Gasteiger partial charge in [0.15, 0.2) is 0 Å². The third-order valence-corrected chi connectivity index (χ3v) is 2.33. The van der Waals surface area contributed by atoms with Crippen LogP contribution in [0.3, 0.4) is 0 Å². The summed E-state index contributed by atoms with van der Waals surface area (Å²) in [5.74, 6) is -0.263. The maximum absolute atomic E-state index is 10.6. The van der Waals surface area contributed by atoms with E-state index in [0.29, 0.717) is 12.8 Å². The first-order chi connectivity index (χ1) is 7.25. The largest absolute Gasteiger partial charge is 0.370 e. The summed E-state index contributed by atoms with van der Waals surface area (Å²) in [5.41, 5.74) is 7.19. The van der Waals surface area contributed by atoms with Gasteiger partial charge in [-0.05, 0) is 30.2 Å². The van der Waals surface area contributed by atoms with Crippen molar-refractivity contribution in [2.24, 2.45) is 5.73 Å². The minimum atomic E-state index is -0.263. The van der Waals surface area contributed by atoms with Gasteiger partial charge < -0.3 is 5.73 Å². The Hall–Kier alpha value is -1.90. The molecular formula is C12H12N2O.